The molecule has 2 N–H and O–H groups in total. The van der Waals surface area contributed by atoms with Crippen molar-refractivity contribution in [2.45, 2.75) is 56.8 Å². The summed E-state index contributed by atoms with van der Waals surface area (Å²) in [5.74, 6) is -0.429. The molecular formula is C16H20F3NO2. The number of nitrogens with two attached hydrogens (primary N) is 1. The molecule has 0 heterocycles. The highest BCUT2D eigenvalue weighted by atomic mass is 19.4. The van der Waals surface area contributed by atoms with Gasteiger partial charge in [0.15, 0.2) is 0 Å². The van der Waals surface area contributed by atoms with Crippen LogP contribution in [0.5, 0.6) is 0 Å². The molecule has 3 nitrogen and oxygen atoms in total. The lowest BCUT2D eigenvalue weighted by atomic mass is 9.61. The second-order valence-corrected chi connectivity index (χ2v) is 6.83. The molecule has 1 saturated carbocycles. The number of benzene rings is 1. The second kappa shape index (κ2) is 5.26. The Morgan fingerprint density at radius 1 is 1.18 bits per heavy atom. The van der Waals surface area contributed by atoms with Crippen molar-refractivity contribution in [3.8, 4) is 0 Å². The molecule has 1 aromatic rings. The zero-order chi connectivity index (χ0) is 16.8. The van der Waals surface area contributed by atoms with E-state index in [-0.39, 0.29) is 6.04 Å². The third-order valence-electron chi connectivity index (χ3n) is 3.78. The summed E-state index contributed by atoms with van der Waals surface area (Å²) in [5.41, 5.74) is 4.00. The van der Waals surface area contributed by atoms with Gasteiger partial charge in [0.05, 0.1) is 11.0 Å². The molecule has 0 aliphatic heterocycles. The molecule has 1 aromatic carbocycles. The summed E-state index contributed by atoms with van der Waals surface area (Å²) in [7, 11) is 0. The lowest BCUT2D eigenvalue weighted by Crippen LogP contribution is -2.55. The van der Waals surface area contributed by atoms with Gasteiger partial charge in [0.1, 0.15) is 5.60 Å². The van der Waals surface area contributed by atoms with Crippen LogP contribution in [0.2, 0.25) is 0 Å². The van der Waals surface area contributed by atoms with Crippen LogP contribution in [-0.4, -0.2) is 17.6 Å². The molecule has 6 heteroatoms. The number of hydrogen-bond donors (Lipinski definition) is 1. The molecule has 0 atom stereocenters. The van der Waals surface area contributed by atoms with Crippen LogP contribution >= 0.6 is 0 Å². The standard InChI is InChI=1S/C16H20F3NO2/c1-14(2,3)22-13(21)15(8-12(20)9-15)10-4-6-11(7-5-10)16(17,18)19/h4-7,12H,8-9,20H2,1-3H3. The number of esters is 1. The first-order valence-corrected chi connectivity index (χ1v) is 7.11. The summed E-state index contributed by atoms with van der Waals surface area (Å²) in [6.07, 6.45) is -3.63. The monoisotopic (exact) mass is 315 g/mol. The molecule has 0 saturated heterocycles. The predicted octanol–water partition coefficient (Wildman–Crippen LogP) is 3.41. The molecule has 22 heavy (non-hydrogen) atoms. The molecule has 122 valence electrons. The third-order valence-corrected chi connectivity index (χ3v) is 3.78. The topological polar surface area (TPSA) is 52.3 Å². The number of alkyl halides is 3. The Bertz CT molecular complexity index is 552. The molecular weight excluding hydrogens is 295 g/mol. The molecule has 0 bridgehead atoms. The largest absolute Gasteiger partial charge is 0.459 e. The lowest BCUT2D eigenvalue weighted by Gasteiger charge is -2.45. The van der Waals surface area contributed by atoms with Gasteiger partial charge in [-0.2, -0.15) is 13.2 Å². The maximum absolute atomic E-state index is 12.6. The second-order valence-electron chi connectivity index (χ2n) is 6.83. The van der Waals surface area contributed by atoms with Gasteiger partial charge in [-0.25, -0.2) is 0 Å². The van der Waals surface area contributed by atoms with Gasteiger partial charge in [-0.1, -0.05) is 12.1 Å². The fraction of sp³-hybridized carbons (Fsp3) is 0.562. The van der Waals surface area contributed by atoms with Gasteiger partial charge in [0, 0.05) is 6.04 Å². The quantitative estimate of drug-likeness (QED) is 0.851. The molecule has 1 fully saturated rings. The molecule has 0 radical (unpaired) electrons. The van der Waals surface area contributed by atoms with Crippen LogP contribution in [0.3, 0.4) is 0 Å². The van der Waals surface area contributed by atoms with Gasteiger partial charge in [-0.3, -0.25) is 4.79 Å². The molecule has 0 aromatic heterocycles. The third kappa shape index (κ3) is 3.27. The smallest absolute Gasteiger partial charge is 0.416 e. The summed E-state index contributed by atoms with van der Waals surface area (Å²) in [4.78, 5) is 12.5. The van der Waals surface area contributed by atoms with Crippen LogP contribution < -0.4 is 5.73 Å². The summed E-state index contributed by atoms with van der Waals surface area (Å²) >= 11 is 0. The first kappa shape index (κ1) is 16.8. The maximum Gasteiger partial charge on any atom is 0.416 e. The lowest BCUT2D eigenvalue weighted by molar-refractivity contribution is -0.166. The first-order chi connectivity index (χ1) is 9.94. The molecule has 2 rings (SSSR count). The number of rotatable bonds is 2. The van der Waals surface area contributed by atoms with Crippen molar-refractivity contribution < 1.29 is 22.7 Å². The Hall–Kier alpha value is -1.56. The van der Waals surface area contributed by atoms with Crippen molar-refractivity contribution >= 4 is 5.97 Å². The minimum atomic E-state index is -4.40. The van der Waals surface area contributed by atoms with Gasteiger partial charge in [0.2, 0.25) is 0 Å². The Kier molecular flexibility index (Phi) is 4.02. The van der Waals surface area contributed by atoms with E-state index >= 15 is 0 Å². The van der Waals surface area contributed by atoms with E-state index in [1.807, 2.05) is 0 Å². The minimum Gasteiger partial charge on any atom is -0.459 e. The zero-order valence-corrected chi connectivity index (χ0v) is 12.8. The van der Waals surface area contributed by atoms with E-state index in [9.17, 15) is 18.0 Å². The first-order valence-electron chi connectivity index (χ1n) is 7.11. The van der Waals surface area contributed by atoms with Crippen LogP contribution in [-0.2, 0) is 21.1 Å². The van der Waals surface area contributed by atoms with E-state index in [2.05, 4.69) is 0 Å². The zero-order valence-electron chi connectivity index (χ0n) is 12.8. The number of carbonyl (C=O) groups is 1. The molecule has 1 aliphatic rings. The van der Waals surface area contributed by atoms with Gasteiger partial charge in [0.25, 0.3) is 0 Å². The minimum absolute atomic E-state index is 0.144. The van der Waals surface area contributed by atoms with Crippen molar-refractivity contribution in [1.29, 1.82) is 0 Å². The van der Waals surface area contributed by atoms with Crippen molar-refractivity contribution in [3.63, 3.8) is 0 Å². The van der Waals surface area contributed by atoms with Crippen molar-refractivity contribution in [2.24, 2.45) is 5.73 Å². The SMILES string of the molecule is CC(C)(C)OC(=O)C1(c2ccc(C(F)(F)F)cc2)CC(N)C1. The van der Waals surface area contributed by atoms with Crippen molar-refractivity contribution in [2.75, 3.05) is 0 Å². The van der Waals surface area contributed by atoms with Crippen LogP contribution in [0.1, 0.15) is 44.7 Å². The molecule has 0 unspecified atom stereocenters. The van der Waals surface area contributed by atoms with Crippen LogP contribution in [0.25, 0.3) is 0 Å². The summed E-state index contributed by atoms with van der Waals surface area (Å²) < 4.78 is 43.4. The number of hydrogen-bond acceptors (Lipinski definition) is 3. The predicted molar refractivity (Wildman–Crippen MR) is 76.2 cm³/mol. The Balaban J connectivity index is 2.30. The van der Waals surface area contributed by atoms with Gasteiger partial charge < -0.3 is 10.5 Å². The Morgan fingerprint density at radius 2 is 1.68 bits per heavy atom. The number of halogens is 3. The summed E-state index contributed by atoms with van der Waals surface area (Å²) in [5, 5.41) is 0. The van der Waals surface area contributed by atoms with E-state index in [1.54, 1.807) is 20.8 Å². The van der Waals surface area contributed by atoms with Crippen LogP contribution in [0, 0.1) is 0 Å². The summed E-state index contributed by atoms with van der Waals surface area (Å²) in [6, 6.07) is 4.53. The van der Waals surface area contributed by atoms with E-state index in [4.69, 9.17) is 10.5 Å². The number of ether oxygens (including phenoxy) is 1. The van der Waals surface area contributed by atoms with Gasteiger partial charge >= 0.3 is 12.1 Å². The highest BCUT2D eigenvalue weighted by Gasteiger charge is 2.52. The molecule has 0 spiro atoms. The Labute approximate surface area is 127 Å². The molecule has 1 aliphatic carbocycles. The van der Waals surface area contributed by atoms with E-state index in [0.717, 1.165) is 12.1 Å². The fourth-order valence-corrected chi connectivity index (χ4v) is 2.71. The highest BCUT2D eigenvalue weighted by molar-refractivity contribution is 5.85. The summed E-state index contributed by atoms with van der Waals surface area (Å²) in [6.45, 7) is 5.26. The fourth-order valence-electron chi connectivity index (χ4n) is 2.71. The van der Waals surface area contributed by atoms with Crippen molar-refractivity contribution in [1.82, 2.24) is 0 Å². The average Bonchev–Trinajstić information content (AvgIpc) is 2.31. The van der Waals surface area contributed by atoms with Gasteiger partial charge in [-0.05, 0) is 51.3 Å². The maximum atomic E-state index is 12.6. The van der Waals surface area contributed by atoms with Crippen molar-refractivity contribution in [3.05, 3.63) is 35.4 Å². The van der Waals surface area contributed by atoms with E-state index in [0.29, 0.717) is 18.4 Å². The van der Waals surface area contributed by atoms with E-state index in [1.165, 1.54) is 12.1 Å². The average molecular weight is 315 g/mol. The van der Waals surface area contributed by atoms with Crippen LogP contribution in [0.15, 0.2) is 24.3 Å². The van der Waals surface area contributed by atoms with Gasteiger partial charge in [-0.15, -0.1) is 0 Å². The van der Waals surface area contributed by atoms with E-state index < -0.39 is 28.7 Å². The number of carbonyl (C=O) groups excluding carboxylic acids is 1. The Morgan fingerprint density at radius 3 is 2.05 bits per heavy atom. The normalized spacial score (nSPS) is 25.5. The molecule has 0 amide bonds. The van der Waals surface area contributed by atoms with Crippen LogP contribution in [0.4, 0.5) is 13.2 Å². The highest BCUT2D eigenvalue weighted by Crippen LogP contribution is 2.45.